The summed E-state index contributed by atoms with van der Waals surface area (Å²) < 4.78 is 0. The van der Waals surface area contributed by atoms with Crippen molar-refractivity contribution >= 4 is 11.8 Å². The van der Waals surface area contributed by atoms with E-state index in [4.69, 9.17) is 0 Å². The molecule has 0 aliphatic rings. The van der Waals surface area contributed by atoms with Crippen LogP contribution in [0.5, 0.6) is 0 Å². The zero-order valence-corrected chi connectivity index (χ0v) is 14.8. The minimum absolute atomic E-state index is 0.0278. The van der Waals surface area contributed by atoms with E-state index in [0.717, 1.165) is 11.1 Å². The molecule has 1 heterocycles. The number of nitrogens with one attached hydrogen (secondary N) is 2. The standard InChI is InChI=1S/C22H21N3O2/c26-21(24-15-19-13-7-8-14-23-19)22(27)25-16-20(17-9-3-1-4-10-17)18-11-5-2-6-12-18/h1-14,20H,15-16H2,(H,24,26)(H,25,27). The highest BCUT2D eigenvalue weighted by Crippen LogP contribution is 2.23. The number of nitrogens with zero attached hydrogens (tertiary/aromatic N) is 1. The van der Waals surface area contributed by atoms with Crippen LogP contribution in [0.1, 0.15) is 22.7 Å². The zero-order chi connectivity index (χ0) is 18.9. The molecule has 0 fully saturated rings. The van der Waals surface area contributed by atoms with Crippen molar-refractivity contribution in [1.29, 1.82) is 0 Å². The molecule has 2 N–H and O–H groups in total. The predicted octanol–water partition coefficient (Wildman–Crippen LogP) is 2.65. The lowest BCUT2D eigenvalue weighted by molar-refractivity contribution is -0.139. The van der Waals surface area contributed by atoms with Crippen molar-refractivity contribution in [2.24, 2.45) is 0 Å². The summed E-state index contributed by atoms with van der Waals surface area (Å²) in [5, 5.41) is 5.33. The van der Waals surface area contributed by atoms with Gasteiger partial charge in [-0.2, -0.15) is 0 Å². The van der Waals surface area contributed by atoms with E-state index in [1.165, 1.54) is 0 Å². The Labute approximate surface area is 158 Å². The van der Waals surface area contributed by atoms with Crippen molar-refractivity contribution in [2.75, 3.05) is 6.54 Å². The van der Waals surface area contributed by atoms with Crippen LogP contribution in [0.15, 0.2) is 85.1 Å². The van der Waals surface area contributed by atoms with E-state index in [0.29, 0.717) is 12.2 Å². The Morgan fingerprint density at radius 1 is 0.741 bits per heavy atom. The van der Waals surface area contributed by atoms with E-state index in [2.05, 4.69) is 15.6 Å². The Kier molecular flexibility index (Phi) is 6.30. The number of benzene rings is 2. The van der Waals surface area contributed by atoms with Crippen LogP contribution in [-0.2, 0) is 16.1 Å². The highest BCUT2D eigenvalue weighted by Gasteiger charge is 2.18. The summed E-state index contributed by atoms with van der Waals surface area (Å²) in [5.41, 5.74) is 2.86. The molecule has 3 rings (SSSR count). The highest BCUT2D eigenvalue weighted by molar-refractivity contribution is 6.35. The Morgan fingerprint density at radius 2 is 1.30 bits per heavy atom. The van der Waals surface area contributed by atoms with E-state index in [1.807, 2.05) is 66.7 Å². The number of hydrogen-bond donors (Lipinski definition) is 2. The van der Waals surface area contributed by atoms with Crippen LogP contribution < -0.4 is 10.6 Å². The second-order valence-corrected chi connectivity index (χ2v) is 6.09. The molecule has 2 amide bonds. The maximum absolute atomic E-state index is 12.2. The van der Waals surface area contributed by atoms with Crippen molar-refractivity contribution in [2.45, 2.75) is 12.5 Å². The Balaban J connectivity index is 1.61. The molecule has 0 atom stereocenters. The van der Waals surface area contributed by atoms with Crippen LogP contribution in [0, 0.1) is 0 Å². The van der Waals surface area contributed by atoms with E-state index >= 15 is 0 Å². The van der Waals surface area contributed by atoms with Gasteiger partial charge in [-0.1, -0.05) is 66.7 Å². The van der Waals surface area contributed by atoms with Crippen molar-refractivity contribution in [3.8, 4) is 0 Å². The number of hydrogen-bond acceptors (Lipinski definition) is 3. The molecule has 0 aliphatic heterocycles. The molecular weight excluding hydrogens is 338 g/mol. The molecule has 0 saturated heterocycles. The first-order valence-electron chi connectivity index (χ1n) is 8.80. The third-order valence-corrected chi connectivity index (χ3v) is 4.23. The first-order chi connectivity index (χ1) is 13.2. The summed E-state index contributed by atoms with van der Waals surface area (Å²) in [6.45, 7) is 0.553. The van der Waals surface area contributed by atoms with Gasteiger partial charge in [-0.3, -0.25) is 14.6 Å². The van der Waals surface area contributed by atoms with Crippen LogP contribution in [-0.4, -0.2) is 23.3 Å². The number of aromatic nitrogens is 1. The molecular formula is C22H21N3O2. The van der Waals surface area contributed by atoms with Crippen molar-refractivity contribution in [1.82, 2.24) is 15.6 Å². The van der Waals surface area contributed by atoms with Crippen LogP contribution in [0.25, 0.3) is 0 Å². The van der Waals surface area contributed by atoms with Crippen LogP contribution in [0.2, 0.25) is 0 Å². The fourth-order valence-electron chi connectivity index (χ4n) is 2.83. The SMILES string of the molecule is O=C(NCc1ccccn1)C(=O)NCC(c1ccccc1)c1ccccc1. The van der Waals surface area contributed by atoms with Gasteiger partial charge in [0, 0.05) is 18.7 Å². The molecule has 1 aromatic heterocycles. The average Bonchev–Trinajstić information content (AvgIpc) is 2.74. The van der Waals surface area contributed by atoms with Gasteiger partial charge in [-0.05, 0) is 23.3 Å². The second-order valence-electron chi connectivity index (χ2n) is 6.09. The topological polar surface area (TPSA) is 71.1 Å². The minimum Gasteiger partial charge on any atom is -0.347 e. The third-order valence-electron chi connectivity index (χ3n) is 4.23. The molecule has 0 unspecified atom stereocenters. The smallest absolute Gasteiger partial charge is 0.309 e. The minimum atomic E-state index is -0.666. The number of rotatable bonds is 6. The maximum Gasteiger partial charge on any atom is 0.309 e. The van der Waals surface area contributed by atoms with Gasteiger partial charge in [-0.15, -0.1) is 0 Å². The first kappa shape index (κ1) is 18.3. The first-order valence-corrected chi connectivity index (χ1v) is 8.80. The fourth-order valence-corrected chi connectivity index (χ4v) is 2.83. The van der Waals surface area contributed by atoms with Gasteiger partial charge in [0.05, 0.1) is 12.2 Å². The van der Waals surface area contributed by atoms with E-state index in [1.54, 1.807) is 18.3 Å². The number of carbonyl (C=O) groups is 2. The molecule has 0 aliphatic carbocycles. The highest BCUT2D eigenvalue weighted by atomic mass is 16.2. The number of carbonyl (C=O) groups excluding carboxylic acids is 2. The zero-order valence-electron chi connectivity index (χ0n) is 14.8. The number of amides is 2. The second kappa shape index (κ2) is 9.29. The van der Waals surface area contributed by atoms with Gasteiger partial charge >= 0.3 is 11.8 Å². The Morgan fingerprint density at radius 3 is 1.85 bits per heavy atom. The third kappa shape index (κ3) is 5.25. The van der Waals surface area contributed by atoms with E-state index in [9.17, 15) is 9.59 Å². The molecule has 136 valence electrons. The number of pyridine rings is 1. The maximum atomic E-state index is 12.2. The molecule has 0 saturated carbocycles. The van der Waals surface area contributed by atoms with E-state index in [-0.39, 0.29) is 12.5 Å². The van der Waals surface area contributed by atoms with Gasteiger partial charge in [0.1, 0.15) is 0 Å². The van der Waals surface area contributed by atoms with Crippen LogP contribution in [0.4, 0.5) is 0 Å². The van der Waals surface area contributed by atoms with Crippen molar-refractivity contribution < 1.29 is 9.59 Å². The lowest BCUT2D eigenvalue weighted by Crippen LogP contribution is -2.41. The summed E-state index contributed by atoms with van der Waals surface area (Å²) in [5.74, 6) is -1.34. The largest absolute Gasteiger partial charge is 0.347 e. The predicted molar refractivity (Wildman–Crippen MR) is 104 cm³/mol. The van der Waals surface area contributed by atoms with E-state index < -0.39 is 11.8 Å². The normalized spacial score (nSPS) is 10.4. The summed E-state index contributed by atoms with van der Waals surface area (Å²) in [6, 6.07) is 25.3. The molecule has 5 nitrogen and oxygen atoms in total. The lowest BCUT2D eigenvalue weighted by atomic mass is 9.91. The van der Waals surface area contributed by atoms with Crippen LogP contribution in [0.3, 0.4) is 0 Å². The summed E-state index contributed by atoms with van der Waals surface area (Å²) >= 11 is 0. The average molecular weight is 359 g/mol. The lowest BCUT2D eigenvalue weighted by Gasteiger charge is -2.18. The van der Waals surface area contributed by atoms with Gasteiger partial charge in [-0.25, -0.2) is 0 Å². The van der Waals surface area contributed by atoms with Crippen molar-refractivity contribution in [3.63, 3.8) is 0 Å². The molecule has 3 aromatic rings. The summed E-state index contributed by atoms with van der Waals surface area (Å²) in [4.78, 5) is 28.4. The Hall–Kier alpha value is -3.47. The summed E-state index contributed by atoms with van der Waals surface area (Å²) in [7, 11) is 0. The molecule has 0 bridgehead atoms. The molecule has 5 heteroatoms. The van der Waals surface area contributed by atoms with Gasteiger partial charge in [0.15, 0.2) is 0 Å². The summed E-state index contributed by atoms with van der Waals surface area (Å²) in [6.07, 6.45) is 1.64. The molecule has 27 heavy (non-hydrogen) atoms. The monoisotopic (exact) mass is 359 g/mol. The van der Waals surface area contributed by atoms with Crippen LogP contribution >= 0.6 is 0 Å². The van der Waals surface area contributed by atoms with Gasteiger partial charge in [0.2, 0.25) is 0 Å². The van der Waals surface area contributed by atoms with Crippen molar-refractivity contribution in [3.05, 3.63) is 102 Å². The van der Waals surface area contributed by atoms with Gasteiger partial charge in [0.25, 0.3) is 0 Å². The fraction of sp³-hybridized carbons (Fsp3) is 0.136. The molecule has 0 spiro atoms. The molecule has 0 radical (unpaired) electrons. The molecule has 2 aromatic carbocycles. The quantitative estimate of drug-likeness (QED) is 0.665. The Bertz CT molecular complexity index is 828. The van der Waals surface area contributed by atoms with Gasteiger partial charge < -0.3 is 10.6 Å².